The van der Waals surface area contributed by atoms with Crippen LogP contribution in [0, 0.1) is 0 Å². The van der Waals surface area contributed by atoms with Crippen molar-refractivity contribution in [1.82, 2.24) is 0 Å². The lowest BCUT2D eigenvalue weighted by Crippen LogP contribution is -2.48. The molecule has 1 nitrogen and oxygen atoms in total. The Kier molecular flexibility index (Phi) is 6.72. The molecule has 140 valence electrons. The number of rotatable bonds is 7. The minimum absolute atomic E-state index is 0.430. The lowest BCUT2D eigenvalue weighted by Gasteiger charge is -2.46. The summed E-state index contributed by atoms with van der Waals surface area (Å²) < 4.78 is 6.40. The summed E-state index contributed by atoms with van der Waals surface area (Å²) in [7, 11) is -1.53. The van der Waals surface area contributed by atoms with Crippen LogP contribution in [0.1, 0.15) is 49.7 Å². The van der Waals surface area contributed by atoms with Gasteiger partial charge in [0.05, 0.1) is 14.2 Å². The first-order chi connectivity index (χ1) is 12.6. The summed E-state index contributed by atoms with van der Waals surface area (Å²) in [6, 6.07) is 23.6. The van der Waals surface area contributed by atoms with E-state index in [4.69, 9.17) is 4.74 Å². The van der Waals surface area contributed by atoms with Gasteiger partial charge in [0.1, 0.15) is 0 Å². The molecule has 0 N–H and O–H groups in total. The third-order valence-electron chi connectivity index (χ3n) is 6.07. The molecule has 1 unspecified atom stereocenters. The maximum atomic E-state index is 6.40. The minimum atomic E-state index is -1.53. The summed E-state index contributed by atoms with van der Waals surface area (Å²) in [4.78, 5) is 0. The average molecular weight is 367 g/mol. The van der Waals surface area contributed by atoms with Crippen LogP contribution in [0.2, 0.25) is 18.6 Å². The maximum absolute atomic E-state index is 6.40. The first kappa shape index (κ1) is 19.4. The van der Waals surface area contributed by atoms with Crippen LogP contribution in [0.5, 0.6) is 0 Å². The van der Waals surface area contributed by atoms with Crippen molar-refractivity contribution in [3.8, 4) is 0 Å². The Labute approximate surface area is 160 Å². The van der Waals surface area contributed by atoms with Crippen LogP contribution < -0.4 is 0 Å². The summed E-state index contributed by atoms with van der Waals surface area (Å²) in [6.45, 7) is 8.39. The van der Waals surface area contributed by atoms with Gasteiger partial charge in [0.2, 0.25) is 0 Å². The van der Waals surface area contributed by atoms with E-state index in [0.29, 0.717) is 17.6 Å². The van der Waals surface area contributed by atoms with Crippen LogP contribution in [0.4, 0.5) is 0 Å². The second kappa shape index (κ2) is 9.01. The predicted octanol–water partition coefficient (Wildman–Crippen LogP) is 6.61. The van der Waals surface area contributed by atoms with Crippen molar-refractivity contribution in [2.45, 2.75) is 69.3 Å². The molecule has 2 heteroatoms. The van der Waals surface area contributed by atoms with E-state index in [9.17, 15) is 0 Å². The van der Waals surface area contributed by atoms with Crippen molar-refractivity contribution in [3.05, 3.63) is 71.8 Å². The van der Waals surface area contributed by atoms with E-state index in [0.717, 1.165) is 6.61 Å². The summed E-state index contributed by atoms with van der Waals surface area (Å²) in [5, 5.41) is 0. The Hall–Kier alpha value is -1.38. The van der Waals surface area contributed by atoms with Crippen molar-refractivity contribution in [1.29, 1.82) is 0 Å². The highest BCUT2D eigenvalue weighted by molar-refractivity contribution is 6.78. The van der Waals surface area contributed by atoms with Crippen LogP contribution in [0.25, 0.3) is 0 Å². The molecule has 0 amide bonds. The van der Waals surface area contributed by atoms with E-state index in [1.54, 1.807) is 0 Å². The van der Waals surface area contributed by atoms with Crippen molar-refractivity contribution < 1.29 is 4.74 Å². The molecule has 26 heavy (non-hydrogen) atoms. The molecule has 0 radical (unpaired) electrons. The monoisotopic (exact) mass is 366 g/mol. The van der Waals surface area contributed by atoms with Crippen molar-refractivity contribution in [2.24, 2.45) is 0 Å². The van der Waals surface area contributed by atoms with Crippen molar-refractivity contribution >= 4 is 8.07 Å². The van der Waals surface area contributed by atoms with Crippen molar-refractivity contribution in [3.63, 3.8) is 0 Å². The molecule has 1 saturated heterocycles. The Morgan fingerprint density at radius 3 is 2.27 bits per heavy atom. The Morgan fingerprint density at radius 2 is 1.62 bits per heavy atom. The lowest BCUT2D eigenvalue weighted by atomic mass is 9.86. The zero-order chi connectivity index (χ0) is 18.4. The van der Waals surface area contributed by atoms with E-state index in [2.05, 4.69) is 80.7 Å². The van der Waals surface area contributed by atoms with Gasteiger partial charge in [-0.2, -0.15) is 0 Å². The lowest BCUT2D eigenvalue weighted by molar-refractivity contribution is -0.00108. The molecule has 0 bridgehead atoms. The fourth-order valence-corrected chi connectivity index (χ4v) is 9.16. The highest BCUT2D eigenvalue weighted by Crippen LogP contribution is 2.48. The minimum Gasteiger partial charge on any atom is -0.378 e. The number of benzene rings is 2. The Morgan fingerprint density at radius 1 is 0.962 bits per heavy atom. The molecule has 2 aromatic carbocycles. The zero-order valence-electron chi connectivity index (χ0n) is 16.7. The normalized spacial score (nSPS) is 23.7. The molecule has 2 aromatic rings. The maximum Gasteiger partial charge on any atom is 0.0585 e. The second-order valence-corrected chi connectivity index (χ2v) is 13.5. The molecular formula is C24H34OSi. The summed E-state index contributed by atoms with van der Waals surface area (Å²) in [5.41, 5.74) is 3.71. The molecule has 1 aliphatic heterocycles. The standard InChI is InChI=1S/C24H34OSi/c1-4-5-16-23-24(26(2,3)19-20-12-8-6-9-13-20)22(17-18-25-23)21-14-10-7-11-15-21/h6-15,22-24H,4-5,16-19H2,1-3H3/t22?,23-,24+/m1/s1. The van der Waals surface area contributed by atoms with E-state index < -0.39 is 8.07 Å². The number of hydrogen-bond acceptors (Lipinski definition) is 1. The van der Waals surface area contributed by atoms with E-state index in [1.807, 2.05) is 0 Å². The van der Waals surface area contributed by atoms with E-state index >= 15 is 0 Å². The first-order valence-corrected chi connectivity index (χ1v) is 13.6. The fourth-order valence-electron chi connectivity index (χ4n) is 4.92. The molecular weight excluding hydrogens is 332 g/mol. The third kappa shape index (κ3) is 4.66. The van der Waals surface area contributed by atoms with Gasteiger partial charge in [-0.05, 0) is 35.9 Å². The number of hydrogen-bond donors (Lipinski definition) is 0. The fraction of sp³-hybridized carbons (Fsp3) is 0.500. The third-order valence-corrected chi connectivity index (χ3v) is 9.97. The van der Waals surface area contributed by atoms with Gasteiger partial charge in [-0.3, -0.25) is 0 Å². The molecule has 1 heterocycles. The first-order valence-electron chi connectivity index (χ1n) is 10.3. The van der Waals surface area contributed by atoms with Gasteiger partial charge >= 0.3 is 0 Å². The molecule has 0 saturated carbocycles. The summed E-state index contributed by atoms with van der Waals surface area (Å²) >= 11 is 0. The molecule has 3 atom stereocenters. The number of unbranched alkanes of at least 4 members (excludes halogenated alkanes) is 1. The van der Waals surface area contributed by atoms with Gasteiger partial charge in [0, 0.05) is 6.61 Å². The molecule has 1 aliphatic rings. The van der Waals surface area contributed by atoms with Crippen LogP contribution in [0.15, 0.2) is 60.7 Å². The largest absolute Gasteiger partial charge is 0.378 e. The van der Waals surface area contributed by atoms with Gasteiger partial charge in [0.25, 0.3) is 0 Å². The van der Waals surface area contributed by atoms with Crippen LogP contribution in [-0.2, 0) is 10.8 Å². The van der Waals surface area contributed by atoms with Crippen LogP contribution >= 0.6 is 0 Å². The zero-order valence-corrected chi connectivity index (χ0v) is 17.7. The highest BCUT2D eigenvalue weighted by Gasteiger charge is 2.45. The quantitative estimate of drug-likeness (QED) is 0.501. The smallest absolute Gasteiger partial charge is 0.0585 e. The van der Waals surface area contributed by atoms with E-state index in [-0.39, 0.29) is 0 Å². The van der Waals surface area contributed by atoms with Gasteiger partial charge in [-0.1, -0.05) is 99.1 Å². The molecule has 0 aromatic heterocycles. The average Bonchev–Trinajstić information content (AvgIpc) is 2.67. The second-order valence-electron chi connectivity index (χ2n) is 8.53. The highest BCUT2D eigenvalue weighted by atomic mass is 28.3. The summed E-state index contributed by atoms with van der Waals surface area (Å²) in [5.74, 6) is 0.650. The van der Waals surface area contributed by atoms with Crippen LogP contribution in [0.3, 0.4) is 0 Å². The summed E-state index contributed by atoms with van der Waals surface area (Å²) in [6.07, 6.45) is 5.35. The van der Waals surface area contributed by atoms with Gasteiger partial charge < -0.3 is 4.74 Å². The topological polar surface area (TPSA) is 9.23 Å². The van der Waals surface area contributed by atoms with Gasteiger partial charge in [-0.15, -0.1) is 0 Å². The van der Waals surface area contributed by atoms with E-state index in [1.165, 1.54) is 42.9 Å². The number of ether oxygens (including phenoxy) is 1. The molecule has 0 spiro atoms. The van der Waals surface area contributed by atoms with Gasteiger partial charge in [-0.25, -0.2) is 0 Å². The van der Waals surface area contributed by atoms with Crippen molar-refractivity contribution in [2.75, 3.05) is 6.61 Å². The van der Waals surface area contributed by atoms with Gasteiger partial charge in [0.15, 0.2) is 0 Å². The SMILES string of the molecule is CCCC[C@H]1OCCC(c2ccccc2)[C@@H]1[Si](C)(C)Cc1ccccc1. The van der Waals surface area contributed by atoms with Crippen LogP contribution in [-0.4, -0.2) is 20.8 Å². The Balaban J connectivity index is 1.90. The molecule has 3 rings (SSSR count). The predicted molar refractivity (Wildman–Crippen MR) is 114 cm³/mol. The molecule has 1 fully saturated rings. The molecule has 0 aliphatic carbocycles. The Bertz CT molecular complexity index is 652.